The normalized spacial score (nSPS) is 54.5. The van der Waals surface area contributed by atoms with Crippen molar-refractivity contribution >= 4 is 11.8 Å². The molecule has 3 aliphatic heterocycles. The minimum absolute atomic E-state index is 0.265. The van der Waals surface area contributed by atoms with E-state index < -0.39 is 0 Å². The van der Waals surface area contributed by atoms with Crippen LogP contribution in [-0.2, 0) is 9.47 Å². The molecule has 8 fully saturated rings. The average molecular weight is 419 g/mol. The van der Waals surface area contributed by atoms with Gasteiger partial charge in [-0.1, -0.05) is 13.8 Å². The van der Waals surface area contributed by atoms with Gasteiger partial charge < -0.3 is 9.47 Å². The van der Waals surface area contributed by atoms with E-state index in [1.54, 1.807) is 12.8 Å². The number of hydrogen-bond donors (Lipinski definition) is 0. The Balaban J connectivity index is 1.07. The highest BCUT2D eigenvalue weighted by atomic mass is 32.2. The number of rotatable bonds is 7. The summed E-state index contributed by atoms with van der Waals surface area (Å²) in [5.41, 5.74) is 0.975. The maximum Gasteiger partial charge on any atom is 0.0724 e. The molecule has 29 heavy (non-hydrogen) atoms. The highest BCUT2D eigenvalue weighted by Gasteiger charge is 2.56. The zero-order valence-electron chi connectivity index (χ0n) is 18.9. The van der Waals surface area contributed by atoms with Crippen LogP contribution >= 0.6 is 11.8 Å². The summed E-state index contributed by atoms with van der Waals surface area (Å²) in [6, 6.07) is 0. The second kappa shape index (κ2) is 7.14. The van der Waals surface area contributed by atoms with E-state index in [2.05, 4.69) is 31.9 Å². The Morgan fingerprint density at radius 1 is 0.897 bits per heavy atom. The molecule has 0 N–H and O–H groups in total. The van der Waals surface area contributed by atoms with E-state index in [0.29, 0.717) is 11.5 Å². The quantitative estimate of drug-likeness (QED) is 0.492. The first-order chi connectivity index (χ1) is 14.0. The van der Waals surface area contributed by atoms with Crippen molar-refractivity contribution in [3.8, 4) is 0 Å². The van der Waals surface area contributed by atoms with Crippen LogP contribution in [-0.4, -0.2) is 36.4 Å². The molecule has 6 bridgehead atoms. The van der Waals surface area contributed by atoms with E-state index in [1.165, 1.54) is 51.4 Å². The Morgan fingerprint density at radius 2 is 1.66 bits per heavy atom. The van der Waals surface area contributed by atoms with Gasteiger partial charge in [0.25, 0.3) is 0 Å². The van der Waals surface area contributed by atoms with Gasteiger partial charge in [-0.15, -0.1) is 0 Å². The van der Waals surface area contributed by atoms with Gasteiger partial charge in [0, 0.05) is 24.9 Å². The van der Waals surface area contributed by atoms with Crippen molar-refractivity contribution in [1.29, 1.82) is 0 Å². The predicted octanol–water partition coefficient (Wildman–Crippen LogP) is 6.18. The fraction of sp³-hybridized carbons (Fsp3) is 1.00. The first-order valence-corrected chi connectivity index (χ1v) is 14.0. The molecule has 164 valence electrons. The van der Waals surface area contributed by atoms with Crippen molar-refractivity contribution in [2.45, 2.75) is 95.0 Å². The number of ether oxygens (including phenoxy) is 2. The molecular weight excluding hydrogens is 376 g/mol. The van der Waals surface area contributed by atoms with Crippen LogP contribution in [0, 0.1) is 46.8 Å². The van der Waals surface area contributed by atoms with Gasteiger partial charge in [-0.2, -0.15) is 11.8 Å². The maximum absolute atomic E-state index is 6.45. The summed E-state index contributed by atoms with van der Waals surface area (Å²) < 4.78 is 12.2. The molecule has 0 radical (unpaired) electrons. The summed E-state index contributed by atoms with van der Waals surface area (Å²) in [7, 11) is 0. The van der Waals surface area contributed by atoms with Gasteiger partial charge in [0.15, 0.2) is 0 Å². The summed E-state index contributed by atoms with van der Waals surface area (Å²) in [6.07, 6.45) is 17.3. The molecule has 5 saturated carbocycles. The van der Waals surface area contributed by atoms with E-state index in [-0.39, 0.29) is 5.60 Å². The zero-order chi connectivity index (χ0) is 19.8. The lowest BCUT2D eigenvalue weighted by Crippen LogP contribution is -2.58. The van der Waals surface area contributed by atoms with E-state index in [1.807, 2.05) is 0 Å². The first-order valence-electron chi connectivity index (χ1n) is 12.7. The van der Waals surface area contributed by atoms with Gasteiger partial charge in [0.1, 0.15) is 0 Å². The number of thioether (sulfide) groups is 1. The molecule has 8 rings (SSSR count). The van der Waals surface area contributed by atoms with Crippen LogP contribution in [0.4, 0.5) is 0 Å². The third-order valence-electron chi connectivity index (χ3n) is 10.5. The Hall–Kier alpha value is 0.270. The molecular formula is C26H42O2S. The van der Waals surface area contributed by atoms with Crippen molar-refractivity contribution in [1.82, 2.24) is 0 Å². The average Bonchev–Trinajstić information content (AvgIpc) is 2.66. The molecule has 8 unspecified atom stereocenters. The van der Waals surface area contributed by atoms with E-state index in [9.17, 15) is 0 Å². The summed E-state index contributed by atoms with van der Waals surface area (Å²) in [6.45, 7) is 7.28. The van der Waals surface area contributed by atoms with E-state index in [0.717, 1.165) is 59.9 Å². The minimum Gasteiger partial charge on any atom is -0.381 e. The molecule has 0 spiro atoms. The van der Waals surface area contributed by atoms with Gasteiger partial charge in [0.05, 0.1) is 11.7 Å². The Labute approximate surface area is 182 Å². The highest BCUT2D eigenvalue weighted by Crippen LogP contribution is 2.64. The maximum atomic E-state index is 6.45. The lowest BCUT2D eigenvalue weighted by atomic mass is 9.46. The van der Waals surface area contributed by atoms with Crippen molar-refractivity contribution < 1.29 is 9.47 Å². The summed E-state index contributed by atoms with van der Waals surface area (Å²) in [5, 5.41) is 0.854. The summed E-state index contributed by atoms with van der Waals surface area (Å²) >= 11 is 2.08. The minimum atomic E-state index is 0.265. The highest BCUT2D eigenvalue weighted by molar-refractivity contribution is 7.99. The first kappa shape index (κ1) is 19.9. The van der Waals surface area contributed by atoms with E-state index in [4.69, 9.17) is 9.47 Å². The molecule has 0 amide bonds. The molecule has 3 saturated heterocycles. The van der Waals surface area contributed by atoms with Crippen LogP contribution in [0.15, 0.2) is 0 Å². The fourth-order valence-corrected chi connectivity index (χ4v) is 10.5. The third-order valence-corrected chi connectivity index (χ3v) is 11.5. The van der Waals surface area contributed by atoms with Gasteiger partial charge in [-0.3, -0.25) is 0 Å². The smallest absolute Gasteiger partial charge is 0.0724 e. The van der Waals surface area contributed by atoms with Gasteiger partial charge in [-0.25, -0.2) is 0 Å². The molecule has 0 aromatic heterocycles. The van der Waals surface area contributed by atoms with Gasteiger partial charge >= 0.3 is 0 Å². The van der Waals surface area contributed by atoms with Crippen molar-refractivity contribution in [2.24, 2.45) is 46.8 Å². The molecule has 3 heteroatoms. The number of fused-ring (bicyclic) bond motifs is 6. The largest absolute Gasteiger partial charge is 0.381 e. The predicted molar refractivity (Wildman–Crippen MR) is 120 cm³/mol. The van der Waals surface area contributed by atoms with Crippen LogP contribution in [0.3, 0.4) is 0 Å². The van der Waals surface area contributed by atoms with Crippen molar-refractivity contribution in [3.05, 3.63) is 0 Å². The van der Waals surface area contributed by atoms with Gasteiger partial charge in [-0.05, 0) is 111 Å². The second-order valence-electron chi connectivity index (χ2n) is 12.6. The Kier molecular flexibility index (Phi) is 4.90. The third kappa shape index (κ3) is 3.35. The monoisotopic (exact) mass is 418 g/mol. The van der Waals surface area contributed by atoms with Crippen LogP contribution in [0.5, 0.6) is 0 Å². The Bertz CT molecular complexity index is 608. The molecule has 8 atom stereocenters. The SMILES string of the molecule is CSC1CC2CC(CC(C)C3CC4CC(CC(C)C5C6COCC5C6)(C4)C3)(C1)O2. The van der Waals surface area contributed by atoms with Crippen LogP contribution in [0.1, 0.15) is 78.1 Å². The van der Waals surface area contributed by atoms with E-state index >= 15 is 0 Å². The van der Waals surface area contributed by atoms with Crippen LogP contribution in [0.25, 0.3) is 0 Å². The van der Waals surface area contributed by atoms with Gasteiger partial charge in [0.2, 0.25) is 0 Å². The molecule has 0 aromatic carbocycles. The summed E-state index contributed by atoms with van der Waals surface area (Å²) in [4.78, 5) is 0. The van der Waals surface area contributed by atoms with Crippen LogP contribution in [0.2, 0.25) is 0 Å². The molecule has 0 aromatic rings. The zero-order valence-corrected chi connectivity index (χ0v) is 19.7. The molecule has 5 aliphatic carbocycles. The molecule has 2 nitrogen and oxygen atoms in total. The van der Waals surface area contributed by atoms with Crippen molar-refractivity contribution in [2.75, 3.05) is 19.5 Å². The lowest BCUT2D eigenvalue weighted by molar-refractivity contribution is -0.244. The second-order valence-corrected chi connectivity index (χ2v) is 13.8. The number of hydrogen-bond acceptors (Lipinski definition) is 3. The standard InChI is InChI=1S/C26H42O2S/c1-16(8-26-12-22(28-26)6-23(13-26)29-3)19-4-18-9-25(10-18,11-19)7-17(2)24-20-5-21(24)15-27-14-20/h16-24H,4-15H2,1-3H3. The lowest BCUT2D eigenvalue weighted by Gasteiger charge is -2.61. The summed E-state index contributed by atoms with van der Waals surface area (Å²) in [5.74, 6) is 6.56. The van der Waals surface area contributed by atoms with Crippen molar-refractivity contribution in [3.63, 3.8) is 0 Å². The van der Waals surface area contributed by atoms with Crippen LogP contribution < -0.4 is 0 Å². The topological polar surface area (TPSA) is 18.5 Å². The Morgan fingerprint density at radius 3 is 2.34 bits per heavy atom. The molecule has 3 heterocycles. The fourth-order valence-electron chi connectivity index (χ4n) is 9.58. The molecule has 8 aliphatic rings.